The number of halogens is 2. The Balaban J connectivity index is 1.28. The number of nitrogens with one attached hydrogen (secondary N) is 1. The first kappa shape index (κ1) is 26.8. The molecule has 0 spiro atoms. The van der Waals surface area contributed by atoms with E-state index in [1.807, 2.05) is 6.07 Å². The van der Waals surface area contributed by atoms with Crippen molar-refractivity contribution in [3.63, 3.8) is 0 Å². The van der Waals surface area contributed by atoms with Gasteiger partial charge in [-0.05, 0) is 57.1 Å². The second-order valence-electron chi connectivity index (χ2n) is 10.2. The Bertz CT molecular complexity index is 1650. The lowest BCUT2D eigenvalue weighted by molar-refractivity contribution is -0.123. The van der Waals surface area contributed by atoms with Gasteiger partial charge in [0.2, 0.25) is 5.91 Å². The van der Waals surface area contributed by atoms with Gasteiger partial charge in [-0.25, -0.2) is 23.4 Å². The molecule has 1 aromatic carbocycles. The number of likely N-dealkylation sites (tertiary alicyclic amines) is 1. The van der Waals surface area contributed by atoms with E-state index in [9.17, 15) is 18.8 Å². The number of ether oxygens (including phenoxy) is 2. The number of aromatic nitrogens is 5. The Morgan fingerprint density at radius 2 is 2.00 bits per heavy atom. The quantitative estimate of drug-likeness (QED) is 0.361. The zero-order chi connectivity index (χ0) is 28.7. The minimum Gasteiger partial charge on any atom is -0.494 e. The number of carbonyl (C=O) groups is 1. The number of carbonyl (C=O) groups excluding carboxylic acids is 1. The van der Waals surface area contributed by atoms with Crippen LogP contribution in [0.4, 0.5) is 14.5 Å². The second-order valence-corrected chi connectivity index (χ2v) is 10.2. The van der Waals surface area contributed by atoms with Gasteiger partial charge < -0.3 is 14.8 Å². The molecule has 11 nitrogen and oxygen atoms in total. The number of hydrogen-bond donors (Lipinski definition) is 1. The summed E-state index contributed by atoms with van der Waals surface area (Å²) in [5, 5.41) is 16.3. The molecule has 0 unspecified atom stereocenters. The molecule has 0 radical (unpaired) electrons. The highest BCUT2D eigenvalue weighted by Crippen LogP contribution is 2.33. The summed E-state index contributed by atoms with van der Waals surface area (Å²) < 4.78 is 41.6. The predicted octanol–water partition coefficient (Wildman–Crippen LogP) is 3.78. The highest BCUT2D eigenvalue weighted by Gasteiger charge is 2.32. The van der Waals surface area contributed by atoms with Crippen molar-refractivity contribution in [3.05, 3.63) is 53.6 Å². The number of amides is 1. The number of pyridine rings is 1. The van der Waals surface area contributed by atoms with Crippen LogP contribution in [-0.4, -0.2) is 74.6 Å². The highest BCUT2D eigenvalue weighted by molar-refractivity contribution is 5.97. The molecule has 2 fully saturated rings. The van der Waals surface area contributed by atoms with Crippen LogP contribution in [0.25, 0.3) is 22.7 Å². The summed E-state index contributed by atoms with van der Waals surface area (Å²) in [6, 6.07) is 10.1. The summed E-state index contributed by atoms with van der Waals surface area (Å²) in [6.45, 7) is 4.92. The van der Waals surface area contributed by atoms with Crippen LogP contribution in [0.5, 0.6) is 5.75 Å². The molecule has 0 saturated carbocycles. The number of fused-ring (bicyclic) bond motifs is 1. The molecule has 0 bridgehead atoms. The first-order valence-electron chi connectivity index (χ1n) is 13.3. The fourth-order valence-electron chi connectivity index (χ4n) is 5.35. The van der Waals surface area contributed by atoms with Crippen LogP contribution >= 0.6 is 0 Å². The number of benzene rings is 1. The van der Waals surface area contributed by atoms with E-state index in [0.29, 0.717) is 40.0 Å². The van der Waals surface area contributed by atoms with Crippen LogP contribution in [0.2, 0.25) is 0 Å². The lowest BCUT2D eigenvalue weighted by Crippen LogP contribution is -2.52. The van der Waals surface area contributed by atoms with E-state index in [0.717, 1.165) is 39.1 Å². The number of piperidine rings is 1. The largest absolute Gasteiger partial charge is 0.494 e. The maximum atomic E-state index is 13.9. The minimum absolute atomic E-state index is 0.0631. The number of nitrogens with zero attached hydrogens (tertiary/aromatic N) is 7. The van der Waals surface area contributed by atoms with Crippen molar-refractivity contribution in [2.75, 3.05) is 38.7 Å². The predicted molar refractivity (Wildman–Crippen MR) is 144 cm³/mol. The zero-order valence-electron chi connectivity index (χ0n) is 22.5. The molecule has 41 heavy (non-hydrogen) atoms. The number of rotatable bonds is 7. The van der Waals surface area contributed by atoms with Crippen molar-refractivity contribution < 1.29 is 23.0 Å². The molecule has 2 saturated heterocycles. The molecule has 0 atom stereocenters. The van der Waals surface area contributed by atoms with E-state index in [1.165, 1.54) is 36.3 Å². The van der Waals surface area contributed by atoms with E-state index in [4.69, 9.17) is 9.47 Å². The summed E-state index contributed by atoms with van der Waals surface area (Å²) in [6.07, 6.45) is 0.275. The minimum atomic E-state index is -2.80. The van der Waals surface area contributed by atoms with Gasteiger partial charge in [-0.3, -0.25) is 14.3 Å². The number of imidazole rings is 1. The first-order chi connectivity index (χ1) is 19.9. The van der Waals surface area contributed by atoms with Gasteiger partial charge in [-0.2, -0.15) is 10.4 Å². The van der Waals surface area contributed by atoms with Gasteiger partial charge in [0.25, 0.3) is 6.43 Å². The fraction of sp³-hybridized carbons (Fsp3) is 0.393. The van der Waals surface area contributed by atoms with Gasteiger partial charge >= 0.3 is 0 Å². The number of aryl methyl sites for hydroxylation is 1. The van der Waals surface area contributed by atoms with Crippen molar-refractivity contribution in [1.82, 2.24) is 29.2 Å². The topological polar surface area (TPSA) is 123 Å². The lowest BCUT2D eigenvalue weighted by atomic mass is 9.94. The molecular formula is C28H28F2N8O3. The third-order valence-corrected chi connectivity index (χ3v) is 7.74. The standard InChI is InChI=1S/C28H28F2N8O3/c1-16-9-18(12-31)35-38(16)27-20(26(29)30)3-4-25(34-27)37-15-32-21-10-22(24(40-2)11-23(21)37)33-28(39)17-5-7-36(8-6-17)19-13-41-14-19/h3-4,9-11,15,17,19,26H,5-8,13-14H2,1-2H3,(H,33,39). The van der Waals surface area contributed by atoms with Crippen LogP contribution in [0.1, 0.15) is 36.2 Å². The average Bonchev–Trinajstić information content (AvgIpc) is 3.54. The molecular weight excluding hydrogens is 534 g/mol. The van der Waals surface area contributed by atoms with E-state index in [-0.39, 0.29) is 28.9 Å². The first-order valence-corrected chi connectivity index (χ1v) is 13.3. The van der Waals surface area contributed by atoms with Crippen molar-refractivity contribution in [2.24, 2.45) is 5.92 Å². The second kappa shape index (κ2) is 10.9. The average molecular weight is 563 g/mol. The zero-order valence-corrected chi connectivity index (χ0v) is 22.5. The monoisotopic (exact) mass is 562 g/mol. The SMILES string of the molecule is COc1cc2c(cc1NC(=O)C1CCN(C3COC3)CC1)ncn2-c1ccc(C(F)F)c(-n2nc(C#N)cc2C)n1. The van der Waals surface area contributed by atoms with Gasteiger partial charge in [-0.15, -0.1) is 0 Å². The Kier molecular flexibility index (Phi) is 7.10. The van der Waals surface area contributed by atoms with E-state index >= 15 is 0 Å². The molecule has 2 aliphatic rings. The number of alkyl halides is 2. The summed E-state index contributed by atoms with van der Waals surface area (Å²) in [4.78, 5) is 24.5. The summed E-state index contributed by atoms with van der Waals surface area (Å²) >= 11 is 0. The van der Waals surface area contributed by atoms with E-state index < -0.39 is 6.43 Å². The molecule has 3 aromatic heterocycles. The van der Waals surface area contributed by atoms with Crippen molar-refractivity contribution in [1.29, 1.82) is 5.26 Å². The van der Waals surface area contributed by atoms with Crippen molar-refractivity contribution >= 4 is 22.6 Å². The van der Waals surface area contributed by atoms with Crippen LogP contribution in [-0.2, 0) is 9.53 Å². The smallest absolute Gasteiger partial charge is 0.267 e. The summed E-state index contributed by atoms with van der Waals surface area (Å²) in [7, 11) is 1.51. The van der Waals surface area contributed by atoms with Gasteiger partial charge in [0.1, 0.15) is 24.0 Å². The third-order valence-electron chi connectivity index (χ3n) is 7.74. The van der Waals surface area contributed by atoms with Gasteiger partial charge in [0, 0.05) is 17.7 Å². The highest BCUT2D eigenvalue weighted by atomic mass is 19.3. The molecule has 6 rings (SSSR count). The van der Waals surface area contributed by atoms with E-state index in [1.54, 1.807) is 23.6 Å². The lowest BCUT2D eigenvalue weighted by Gasteiger charge is -2.41. The number of nitriles is 1. The molecule has 4 aromatic rings. The normalized spacial score (nSPS) is 16.6. The summed E-state index contributed by atoms with van der Waals surface area (Å²) in [5.41, 5.74) is 1.94. The van der Waals surface area contributed by atoms with Gasteiger partial charge in [-0.1, -0.05) is 0 Å². The molecule has 0 aliphatic carbocycles. The van der Waals surface area contributed by atoms with Gasteiger partial charge in [0.05, 0.1) is 48.6 Å². The number of methoxy groups -OCH3 is 1. The Labute approximate surface area is 234 Å². The van der Waals surface area contributed by atoms with Crippen LogP contribution in [0.3, 0.4) is 0 Å². The van der Waals surface area contributed by atoms with Crippen LogP contribution in [0, 0.1) is 24.2 Å². The molecule has 212 valence electrons. The van der Waals surface area contributed by atoms with Crippen molar-refractivity contribution in [2.45, 2.75) is 32.2 Å². The Morgan fingerprint density at radius 1 is 1.22 bits per heavy atom. The number of anilines is 1. The Hall–Kier alpha value is -4.41. The third kappa shape index (κ3) is 5.00. The molecule has 2 aliphatic heterocycles. The van der Waals surface area contributed by atoms with Crippen LogP contribution < -0.4 is 10.1 Å². The molecule has 1 amide bonds. The summed E-state index contributed by atoms with van der Waals surface area (Å²) in [5.74, 6) is 0.510. The van der Waals surface area contributed by atoms with E-state index in [2.05, 4.69) is 25.3 Å². The maximum absolute atomic E-state index is 13.9. The Morgan fingerprint density at radius 3 is 2.63 bits per heavy atom. The van der Waals surface area contributed by atoms with Crippen LogP contribution in [0.15, 0.2) is 36.7 Å². The molecule has 13 heteroatoms. The molecule has 5 heterocycles. The van der Waals surface area contributed by atoms with Gasteiger partial charge in [0.15, 0.2) is 11.5 Å². The maximum Gasteiger partial charge on any atom is 0.267 e. The fourth-order valence-corrected chi connectivity index (χ4v) is 5.35. The number of hydrogen-bond acceptors (Lipinski definition) is 8. The van der Waals surface area contributed by atoms with Crippen molar-refractivity contribution in [3.8, 4) is 23.5 Å². The molecule has 1 N–H and O–H groups in total.